The van der Waals surface area contributed by atoms with Crippen molar-refractivity contribution in [3.05, 3.63) is 28.8 Å². The van der Waals surface area contributed by atoms with Gasteiger partial charge < -0.3 is 5.11 Å². The lowest BCUT2D eigenvalue weighted by Crippen LogP contribution is -2.23. The van der Waals surface area contributed by atoms with Crippen LogP contribution in [-0.4, -0.2) is 20.5 Å². The van der Waals surface area contributed by atoms with Crippen LogP contribution in [0.1, 0.15) is 29.6 Å². The molecular weight excluding hydrogens is 248 g/mol. The fourth-order valence-electron chi connectivity index (χ4n) is 1.57. The Morgan fingerprint density at radius 2 is 2.12 bits per heavy atom. The van der Waals surface area contributed by atoms with Gasteiger partial charge >= 0.3 is 5.97 Å². The smallest absolute Gasteiger partial charge is 0.337 e. The van der Waals surface area contributed by atoms with Crippen LogP contribution in [0.4, 0.5) is 0 Å². The number of halogens is 1. The standard InChI is InChI=1S/C11H11ClO3S/c12-10-5-4-8(6-9(10)11(13)14)16(15)7-2-1-3-7/h4-7H,1-3H2,(H,13,14). The van der Waals surface area contributed by atoms with Gasteiger partial charge in [0.15, 0.2) is 0 Å². The quantitative estimate of drug-likeness (QED) is 0.907. The highest BCUT2D eigenvalue weighted by Crippen LogP contribution is 2.29. The van der Waals surface area contributed by atoms with Gasteiger partial charge in [0.05, 0.1) is 21.4 Å². The number of aromatic carboxylic acids is 1. The van der Waals surface area contributed by atoms with Gasteiger partial charge in [0.1, 0.15) is 0 Å². The highest BCUT2D eigenvalue weighted by atomic mass is 35.5. The summed E-state index contributed by atoms with van der Waals surface area (Å²) in [6.45, 7) is 0. The summed E-state index contributed by atoms with van der Waals surface area (Å²) in [6.07, 6.45) is 3.02. The van der Waals surface area contributed by atoms with E-state index in [0.29, 0.717) is 4.90 Å². The summed E-state index contributed by atoms with van der Waals surface area (Å²) in [7, 11) is -1.10. The monoisotopic (exact) mass is 258 g/mol. The number of benzene rings is 1. The lowest BCUT2D eigenvalue weighted by atomic mass is 10.00. The number of carbonyl (C=O) groups is 1. The highest BCUT2D eigenvalue weighted by Gasteiger charge is 2.25. The van der Waals surface area contributed by atoms with Crippen molar-refractivity contribution in [2.75, 3.05) is 0 Å². The third-order valence-corrected chi connectivity index (χ3v) is 4.88. The molecule has 0 aromatic heterocycles. The van der Waals surface area contributed by atoms with E-state index in [1.54, 1.807) is 6.07 Å². The van der Waals surface area contributed by atoms with Gasteiger partial charge in [-0.05, 0) is 31.0 Å². The maximum Gasteiger partial charge on any atom is 0.337 e. The van der Waals surface area contributed by atoms with Gasteiger partial charge in [-0.1, -0.05) is 18.0 Å². The molecule has 0 spiro atoms. The summed E-state index contributed by atoms with van der Waals surface area (Å²) in [5.74, 6) is -1.09. The van der Waals surface area contributed by atoms with E-state index in [1.807, 2.05) is 0 Å². The van der Waals surface area contributed by atoms with E-state index in [4.69, 9.17) is 16.7 Å². The van der Waals surface area contributed by atoms with Gasteiger partial charge in [0.25, 0.3) is 0 Å². The summed E-state index contributed by atoms with van der Waals surface area (Å²) in [6, 6.07) is 4.55. The highest BCUT2D eigenvalue weighted by molar-refractivity contribution is 7.85. The molecule has 3 nitrogen and oxygen atoms in total. The summed E-state index contributed by atoms with van der Waals surface area (Å²) in [4.78, 5) is 11.4. The molecule has 0 saturated heterocycles. The average molecular weight is 259 g/mol. The molecule has 1 atom stereocenters. The molecule has 1 aromatic rings. The largest absolute Gasteiger partial charge is 0.478 e. The van der Waals surface area contributed by atoms with Crippen molar-refractivity contribution in [1.29, 1.82) is 0 Å². The minimum Gasteiger partial charge on any atom is -0.478 e. The third-order valence-electron chi connectivity index (χ3n) is 2.76. The molecule has 1 aliphatic carbocycles. The van der Waals surface area contributed by atoms with Crippen LogP contribution < -0.4 is 0 Å². The lowest BCUT2D eigenvalue weighted by molar-refractivity contribution is 0.0697. The molecule has 1 aromatic carbocycles. The molecule has 5 heteroatoms. The topological polar surface area (TPSA) is 54.4 Å². The second kappa shape index (κ2) is 4.55. The van der Waals surface area contributed by atoms with Crippen molar-refractivity contribution < 1.29 is 14.1 Å². The van der Waals surface area contributed by atoms with Gasteiger partial charge in [-0.3, -0.25) is 4.21 Å². The van der Waals surface area contributed by atoms with Crippen molar-refractivity contribution in [2.24, 2.45) is 0 Å². The molecule has 0 aliphatic heterocycles. The second-order valence-corrected chi connectivity index (χ2v) is 5.94. The van der Waals surface area contributed by atoms with Gasteiger partial charge in [-0.15, -0.1) is 0 Å². The van der Waals surface area contributed by atoms with E-state index >= 15 is 0 Å². The molecule has 1 saturated carbocycles. The molecule has 0 bridgehead atoms. The van der Waals surface area contributed by atoms with E-state index in [9.17, 15) is 9.00 Å². The van der Waals surface area contributed by atoms with Crippen LogP contribution in [0.5, 0.6) is 0 Å². The lowest BCUT2D eigenvalue weighted by Gasteiger charge is -2.24. The van der Waals surface area contributed by atoms with E-state index in [2.05, 4.69) is 0 Å². The Bertz CT molecular complexity index is 455. The molecule has 1 fully saturated rings. The van der Waals surface area contributed by atoms with Crippen LogP contribution in [0.2, 0.25) is 5.02 Å². The molecule has 2 rings (SSSR count). The zero-order chi connectivity index (χ0) is 11.7. The Morgan fingerprint density at radius 1 is 1.44 bits per heavy atom. The van der Waals surface area contributed by atoms with E-state index in [-0.39, 0.29) is 15.8 Å². The minimum atomic E-state index is -1.10. The SMILES string of the molecule is O=C(O)c1cc(S(=O)C2CCC2)ccc1Cl. The van der Waals surface area contributed by atoms with E-state index < -0.39 is 16.8 Å². The first-order chi connectivity index (χ1) is 7.59. The molecule has 0 amide bonds. The second-order valence-electron chi connectivity index (χ2n) is 3.80. The first kappa shape index (κ1) is 11.6. The Morgan fingerprint density at radius 3 is 2.62 bits per heavy atom. The van der Waals surface area contributed by atoms with Crippen LogP contribution in [0.25, 0.3) is 0 Å². The number of hydrogen-bond acceptors (Lipinski definition) is 2. The zero-order valence-corrected chi connectivity index (χ0v) is 10.1. The van der Waals surface area contributed by atoms with Crippen LogP contribution in [0, 0.1) is 0 Å². The Labute approximate surface area is 101 Å². The van der Waals surface area contributed by atoms with Crippen LogP contribution >= 0.6 is 11.6 Å². The molecule has 16 heavy (non-hydrogen) atoms. The normalized spacial score (nSPS) is 17.8. The summed E-state index contributed by atoms with van der Waals surface area (Å²) < 4.78 is 12.0. The number of carboxylic acids is 1. The van der Waals surface area contributed by atoms with Crippen LogP contribution in [0.15, 0.2) is 23.1 Å². The van der Waals surface area contributed by atoms with Crippen molar-refractivity contribution in [3.63, 3.8) is 0 Å². The first-order valence-electron chi connectivity index (χ1n) is 5.03. The average Bonchev–Trinajstić information content (AvgIpc) is 2.15. The Kier molecular flexibility index (Phi) is 3.30. The van der Waals surface area contributed by atoms with Gasteiger partial charge in [-0.2, -0.15) is 0 Å². The summed E-state index contributed by atoms with van der Waals surface area (Å²) >= 11 is 5.74. The molecule has 1 unspecified atom stereocenters. The Balaban J connectivity index is 2.31. The van der Waals surface area contributed by atoms with Gasteiger partial charge in [0, 0.05) is 10.1 Å². The van der Waals surface area contributed by atoms with Crippen molar-refractivity contribution >= 4 is 28.4 Å². The minimum absolute atomic E-state index is 0.0202. The molecular formula is C11H11ClO3S. The predicted molar refractivity (Wildman–Crippen MR) is 62.5 cm³/mol. The fraction of sp³-hybridized carbons (Fsp3) is 0.364. The number of carboxylic acid groups (broad SMARTS) is 1. The summed E-state index contributed by atoms with van der Waals surface area (Å²) in [5.41, 5.74) is 0.0202. The zero-order valence-electron chi connectivity index (χ0n) is 8.48. The van der Waals surface area contributed by atoms with Crippen LogP contribution in [0.3, 0.4) is 0 Å². The van der Waals surface area contributed by atoms with E-state index in [1.165, 1.54) is 12.1 Å². The summed E-state index contributed by atoms with van der Waals surface area (Å²) in [5, 5.41) is 9.26. The maximum absolute atomic E-state index is 12.0. The predicted octanol–water partition coefficient (Wildman–Crippen LogP) is 2.70. The van der Waals surface area contributed by atoms with E-state index in [0.717, 1.165) is 19.3 Å². The Hall–Kier alpha value is -0.870. The maximum atomic E-state index is 12.0. The van der Waals surface area contributed by atoms with Crippen LogP contribution in [-0.2, 0) is 10.8 Å². The van der Waals surface area contributed by atoms with Gasteiger partial charge in [0.2, 0.25) is 0 Å². The molecule has 86 valence electrons. The van der Waals surface area contributed by atoms with Crippen molar-refractivity contribution in [3.8, 4) is 0 Å². The molecule has 1 N–H and O–H groups in total. The molecule has 1 aliphatic rings. The van der Waals surface area contributed by atoms with Gasteiger partial charge in [-0.25, -0.2) is 4.79 Å². The fourth-order valence-corrected chi connectivity index (χ4v) is 3.35. The number of rotatable bonds is 3. The molecule has 0 heterocycles. The molecule has 0 radical (unpaired) electrons. The first-order valence-corrected chi connectivity index (χ1v) is 6.62. The number of hydrogen-bond donors (Lipinski definition) is 1. The van der Waals surface area contributed by atoms with Crippen molar-refractivity contribution in [2.45, 2.75) is 29.4 Å². The van der Waals surface area contributed by atoms with Crippen molar-refractivity contribution in [1.82, 2.24) is 0 Å². The third kappa shape index (κ3) is 2.13.